The molecule has 2 aliphatic heterocycles. The minimum Gasteiger partial charge on any atom is -0.497 e. The van der Waals surface area contributed by atoms with E-state index in [9.17, 15) is 0 Å². The molecule has 1 fully saturated rings. The third kappa shape index (κ3) is 5.79. The quantitative estimate of drug-likeness (QED) is 0.701. The standard InChI is InChI=1S/C23H30N2O2.2ClH/c1-26-21-11-9-19(10-12-21)25-15-14-24-17-20(25)6-4-8-23-22-7-3-2-5-18(22)13-16-27-23;;/h2-3,5,7,9-12,20,23-24H,4,6,8,13-17H2,1H3;2*1H. The van der Waals surface area contributed by atoms with Crippen molar-refractivity contribution in [3.05, 3.63) is 59.7 Å². The van der Waals surface area contributed by atoms with Crippen molar-refractivity contribution in [1.82, 2.24) is 5.32 Å². The van der Waals surface area contributed by atoms with Crippen LogP contribution in [0, 0.1) is 0 Å². The van der Waals surface area contributed by atoms with E-state index < -0.39 is 0 Å². The summed E-state index contributed by atoms with van der Waals surface area (Å²) in [6.45, 7) is 4.00. The fraction of sp³-hybridized carbons (Fsp3) is 0.478. The number of rotatable bonds is 6. The van der Waals surface area contributed by atoms with Gasteiger partial charge in [0.25, 0.3) is 0 Å². The fourth-order valence-corrected chi connectivity index (χ4v) is 4.39. The Morgan fingerprint density at radius 3 is 2.66 bits per heavy atom. The first-order valence-corrected chi connectivity index (χ1v) is 10.2. The van der Waals surface area contributed by atoms with E-state index in [1.54, 1.807) is 7.11 Å². The van der Waals surface area contributed by atoms with Crippen LogP contribution in [-0.4, -0.2) is 39.4 Å². The number of anilines is 1. The van der Waals surface area contributed by atoms with Crippen LogP contribution >= 0.6 is 24.8 Å². The summed E-state index contributed by atoms with van der Waals surface area (Å²) in [6.07, 6.45) is 4.77. The molecule has 4 rings (SSSR count). The molecule has 2 unspecified atom stereocenters. The van der Waals surface area contributed by atoms with Crippen LogP contribution in [0.4, 0.5) is 5.69 Å². The molecule has 160 valence electrons. The van der Waals surface area contributed by atoms with Crippen LogP contribution in [0.25, 0.3) is 0 Å². The van der Waals surface area contributed by atoms with Gasteiger partial charge in [-0.3, -0.25) is 0 Å². The first-order chi connectivity index (χ1) is 13.3. The van der Waals surface area contributed by atoms with Crippen LogP contribution in [0.1, 0.15) is 36.5 Å². The molecule has 0 radical (unpaired) electrons. The van der Waals surface area contributed by atoms with Crippen LogP contribution in [0.15, 0.2) is 48.5 Å². The lowest BCUT2D eigenvalue weighted by atomic mass is 9.93. The van der Waals surface area contributed by atoms with Crippen molar-refractivity contribution in [3.63, 3.8) is 0 Å². The highest BCUT2D eigenvalue weighted by Crippen LogP contribution is 2.32. The molecule has 0 amide bonds. The Bertz CT molecular complexity index is 742. The second kappa shape index (κ2) is 11.7. The number of benzene rings is 2. The Kier molecular flexibility index (Phi) is 9.57. The maximum Gasteiger partial charge on any atom is 0.119 e. The van der Waals surface area contributed by atoms with E-state index in [0.29, 0.717) is 6.04 Å². The van der Waals surface area contributed by atoms with Crippen LogP contribution in [0.2, 0.25) is 0 Å². The first kappa shape index (κ1) is 23.8. The summed E-state index contributed by atoms with van der Waals surface area (Å²) < 4.78 is 11.4. The zero-order valence-electron chi connectivity index (χ0n) is 17.0. The lowest BCUT2D eigenvalue weighted by molar-refractivity contribution is 0.0345. The lowest BCUT2D eigenvalue weighted by Crippen LogP contribution is -2.51. The molecule has 29 heavy (non-hydrogen) atoms. The minimum absolute atomic E-state index is 0. The van der Waals surface area contributed by atoms with Gasteiger partial charge >= 0.3 is 0 Å². The molecule has 2 aliphatic rings. The third-order valence-electron chi connectivity index (χ3n) is 5.85. The Morgan fingerprint density at radius 1 is 1.07 bits per heavy atom. The normalized spacial score (nSPS) is 20.8. The highest BCUT2D eigenvalue weighted by molar-refractivity contribution is 5.85. The average molecular weight is 439 g/mol. The van der Waals surface area contributed by atoms with E-state index in [-0.39, 0.29) is 30.9 Å². The Labute approximate surface area is 186 Å². The predicted octanol–water partition coefficient (Wildman–Crippen LogP) is 4.80. The number of nitrogens with zero attached hydrogens (tertiary/aromatic N) is 1. The number of piperazine rings is 1. The Balaban J connectivity index is 0.00000150. The smallest absolute Gasteiger partial charge is 0.119 e. The summed E-state index contributed by atoms with van der Waals surface area (Å²) in [5, 5.41) is 3.56. The zero-order chi connectivity index (χ0) is 18.5. The van der Waals surface area contributed by atoms with Gasteiger partial charge in [-0.15, -0.1) is 24.8 Å². The molecule has 0 bridgehead atoms. The summed E-state index contributed by atoms with van der Waals surface area (Å²) >= 11 is 0. The molecule has 2 heterocycles. The number of halogens is 2. The minimum atomic E-state index is 0. The van der Waals surface area contributed by atoms with Gasteiger partial charge in [-0.25, -0.2) is 0 Å². The van der Waals surface area contributed by atoms with Gasteiger partial charge in [-0.05, 0) is 61.1 Å². The summed E-state index contributed by atoms with van der Waals surface area (Å²) in [5.41, 5.74) is 4.16. The largest absolute Gasteiger partial charge is 0.497 e. The lowest BCUT2D eigenvalue weighted by Gasteiger charge is -2.38. The molecule has 1 N–H and O–H groups in total. The molecule has 2 aromatic carbocycles. The molecule has 2 aromatic rings. The topological polar surface area (TPSA) is 33.7 Å². The van der Waals surface area contributed by atoms with Gasteiger partial charge in [0.2, 0.25) is 0 Å². The van der Waals surface area contributed by atoms with E-state index in [1.165, 1.54) is 29.7 Å². The van der Waals surface area contributed by atoms with E-state index in [0.717, 1.165) is 44.8 Å². The fourth-order valence-electron chi connectivity index (χ4n) is 4.39. The van der Waals surface area contributed by atoms with Gasteiger partial charge in [0.15, 0.2) is 0 Å². The second-order valence-corrected chi connectivity index (χ2v) is 7.49. The summed E-state index contributed by atoms with van der Waals surface area (Å²) in [6, 6.07) is 17.8. The highest BCUT2D eigenvalue weighted by Gasteiger charge is 2.24. The Hall–Kier alpha value is -1.46. The molecular weight excluding hydrogens is 407 g/mol. The number of nitrogens with one attached hydrogen (secondary N) is 1. The highest BCUT2D eigenvalue weighted by atomic mass is 35.5. The molecule has 2 atom stereocenters. The SMILES string of the molecule is COc1ccc(N2CCNCC2CCCC2OCCc3ccccc32)cc1.Cl.Cl. The zero-order valence-corrected chi connectivity index (χ0v) is 18.6. The Morgan fingerprint density at radius 2 is 1.86 bits per heavy atom. The van der Waals surface area contributed by atoms with Crippen LogP contribution in [0.5, 0.6) is 5.75 Å². The molecular formula is C23H32Cl2N2O2. The number of ether oxygens (including phenoxy) is 2. The molecule has 0 spiro atoms. The van der Waals surface area contributed by atoms with Gasteiger partial charge in [0.1, 0.15) is 5.75 Å². The number of fused-ring (bicyclic) bond motifs is 1. The number of hydrogen-bond donors (Lipinski definition) is 1. The van der Waals surface area contributed by atoms with E-state index >= 15 is 0 Å². The summed E-state index contributed by atoms with van der Waals surface area (Å²) in [4.78, 5) is 2.55. The van der Waals surface area contributed by atoms with Crippen molar-refractivity contribution in [2.75, 3.05) is 38.3 Å². The molecule has 0 aromatic heterocycles. The number of hydrogen-bond acceptors (Lipinski definition) is 4. The van der Waals surface area contributed by atoms with Crippen molar-refractivity contribution in [1.29, 1.82) is 0 Å². The van der Waals surface area contributed by atoms with Crippen LogP contribution < -0.4 is 15.0 Å². The summed E-state index contributed by atoms with van der Waals surface area (Å²) in [7, 11) is 1.72. The van der Waals surface area contributed by atoms with Crippen LogP contribution in [0.3, 0.4) is 0 Å². The maximum atomic E-state index is 6.09. The van der Waals surface area contributed by atoms with Crippen molar-refractivity contribution in [2.45, 2.75) is 37.8 Å². The van der Waals surface area contributed by atoms with E-state index in [2.05, 4.69) is 58.7 Å². The maximum absolute atomic E-state index is 6.09. The van der Waals surface area contributed by atoms with Crippen molar-refractivity contribution >= 4 is 30.5 Å². The molecule has 6 heteroatoms. The van der Waals surface area contributed by atoms with Gasteiger partial charge in [-0.2, -0.15) is 0 Å². The van der Waals surface area contributed by atoms with E-state index in [4.69, 9.17) is 9.47 Å². The monoisotopic (exact) mass is 438 g/mol. The third-order valence-corrected chi connectivity index (χ3v) is 5.85. The van der Waals surface area contributed by atoms with Crippen molar-refractivity contribution in [3.8, 4) is 5.75 Å². The second-order valence-electron chi connectivity index (χ2n) is 7.49. The van der Waals surface area contributed by atoms with Gasteiger partial charge in [0.05, 0.1) is 19.8 Å². The molecule has 4 nitrogen and oxygen atoms in total. The molecule has 0 aliphatic carbocycles. The van der Waals surface area contributed by atoms with Crippen molar-refractivity contribution in [2.24, 2.45) is 0 Å². The molecule has 0 saturated carbocycles. The number of methoxy groups -OCH3 is 1. The van der Waals surface area contributed by atoms with Crippen LogP contribution in [-0.2, 0) is 11.2 Å². The summed E-state index contributed by atoms with van der Waals surface area (Å²) in [5.74, 6) is 0.915. The first-order valence-electron chi connectivity index (χ1n) is 10.2. The van der Waals surface area contributed by atoms with E-state index in [1.807, 2.05) is 0 Å². The predicted molar refractivity (Wildman–Crippen MR) is 124 cm³/mol. The van der Waals surface area contributed by atoms with Gasteiger partial charge in [-0.1, -0.05) is 24.3 Å². The molecule has 1 saturated heterocycles. The van der Waals surface area contributed by atoms with Gasteiger partial charge in [0, 0.05) is 31.4 Å². The average Bonchev–Trinajstić information content (AvgIpc) is 2.74. The van der Waals surface area contributed by atoms with Gasteiger partial charge < -0.3 is 19.7 Å². The van der Waals surface area contributed by atoms with Crippen molar-refractivity contribution < 1.29 is 9.47 Å².